The average molecular weight is 344 g/mol. The molecule has 10 heteroatoms. The molecule has 0 saturated carbocycles. The largest absolute Gasteiger partial charge is 0.370 e. The quantitative estimate of drug-likeness (QED) is 0.848. The van der Waals surface area contributed by atoms with Crippen molar-refractivity contribution in [3.63, 3.8) is 0 Å². The Kier molecular flexibility index (Phi) is 4.37. The van der Waals surface area contributed by atoms with E-state index in [1.54, 1.807) is 0 Å². The third kappa shape index (κ3) is 3.38. The second-order valence-corrected chi connectivity index (χ2v) is 6.87. The summed E-state index contributed by atoms with van der Waals surface area (Å²) < 4.78 is 58.7. The van der Waals surface area contributed by atoms with Gasteiger partial charge >= 0.3 is 0 Å². The highest BCUT2D eigenvalue weighted by molar-refractivity contribution is 7.89. The molecule has 7 nitrogen and oxygen atoms in total. The molecule has 0 amide bonds. The molecular formula is C13H14F2N4O3S. The maximum Gasteiger partial charge on any atom is 0.243 e. The number of aromatic amines is 1. The highest BCUT2D eigenvalue weighted by Crippen LogP contribution is 2.32. The molecule has 0 spiro atoms. The van der Waals surface area contributed by atoms with Crippen molar-refractivity contribution in [3.05, 3.63) is 42.0 Å². The van der Waals surface area contributed by atoms with Gasteiger partial charge in [-0.15, -0.1) is 0 Å². The lowest BCUT2D eigenvalue weighted by molar-refractivity contribution is 0.0848. The number of hydrogen-bond donors (Lipinski definition) is 2. The van der Waals surface area contributed by atoms with E-state index in [0.29, 0.717) is 24.9 Å². The zero-order chi connectivity index (χ0) is 16.4. The fourth-order valence-electron chi connectivity index (χ4n) is 2.48. The summed E-state index contributed by atoms with van der Waals surface area (Å²) in [5.74, 6) is -1.62. The maximum atomic E-state index is 13.6. The fraction of sp³-hybridized carbons (Fsp3) is 0.385. The highest BCUT2D eigenvalue weighted by atomic mass is 32.2. The van der Waals surface area contributed by atoms with E-state index in [0.717, 1.165) is 12.1 Å². The van der Waals surface area contributed by atoms with Crippen LogP contribution in [-0.2, 0) is 14.8 Å². The molecule has 1 saturated heterocycles. The first-order valence-electron chi connectivity index (χ1n) is 6.89. The second-order valence-electron chi connectivity index (χ2n) is 5.14. The van der Waals surface area contributed by atoms with Crippen molar-refractivity contribution in [3.8, 4) is 0 Å². The molecule has 2 atom stereocenters. The van der Waals surface area contributed by atoms with Gasteiger partial charge in [0.05, 0.1) is 0 Å². The third-order valence-corrected chi connectivity index (χ3v) is 5.09. The van der Waals surface area contributed by atoms with Gasteiger partial charge in [0.15, 0.2) is 5.82 Å². The summed E-state index contributed by atoms with van der Waals surface area (Å²) in [5.41, 5.74) is 0. The molecule has 2 aromatic rings. The monoisotopic (exact) mass is 344 g/mol. The van der Waals surface area contributed by atoms with Gasteiger partial charge in [-0.05, 0) is 18.6 Å². The van der Waals surface area contributed by atoms with E-state index in [1.165, 1.54) is 6.33 Å². The predicted molar refractivity (Wildman–Crippen MR) is 74.7 cm³/mol. The third-order valence-electron chi connectivity index (χ3n) is 3.64. The van der Waals surface area contributed by atoms with E-state index < -0.39 is 32.7 Å². The Morgan fingerprint density at radius 3 is 2.91 bits per heavy atom. The van der Waals surface area contributed by atoms with E-state index in [1.807, 2.05) is 0 Å². The van der Waals surface area contributed by atoms with Gasteiger partial charge in [0, 0.05) is 25.1 Å². The van der Waals surface area contributed by atoms with Crippen molar-refractivity contribution in [2.45, 2.75) is 17.4 Å². The SMILES string of the molecule is O=S(=O)(NC[C@@H]1CCO[C@@H]1c1ncn[nH]1)c1ccc(F)cc1F. The Hall–Kier alpha value is -1.91. The van der Waals surface area contributed by atoms with Crippen LogP contribution < -0.4 is 4.72 Å². The zero-order valence-electron chi connectivity index (χ0n) is 11.9. The lowest BCUT2D eigenvalue weighted by atomic mass is 10.0. The van der Waals surface area contributed by atoms with Crippen LogP contribution in [0.2, 0.25) is 0 Å². The van der Waals surface area contributed by atoms with Gasteiger partial charge in [0.1, 0.15) is 29.0 Å². The van der Waals surface area contributed by atoms with Crippen molar-refractivity contribution in [1.82, 2.24) is 19.9 Å². The molecule has 0 aliphatic carbocycles. The second kappa shape index (κ2) is 6.30. The lowest BCUT2D eigenvalue weighted by Gasteiger charge is -2.17. The molecular weight excluding hydrogens is 330 g/mol. The van der Waals surface area contributed by atoms with Gasteiger partial charge in [0.2, 0.25) is 10.0 Å². The van der Waals surface area contributed by atoms with E-state index >= 15 is 0 Å². The molecule has 0 unspecified atom stereocenters. The van der Waals surface area contributed by atoms with Crippen LogP contribution in [0.1, 0.15) is 18.3 Å². The molecule has 2 N–H and O–H groups in total. The summed E-state index contributed by atoms with van der Waals surface area (Å²) >= 11 is 0. The van der Waals surface area contributed by atoms with Crippen molar-refractivity contribution in [2.24, 2.45) is 5.92 Å². The minimum Gasteiger partial charge on any atom is -0.370 e. The summed E-state index contributed by atoms with van der Waals surface area (Å²) in [6, 6.07) is 2.32. The summed E-state index contributed by atoms with van der Waals surface area (Å²) in [4.78, 5) is 3.42. The van der Waals surface area contributed by atoms with Crippen LogP contribution >= 0.6 is 0 Å². The molecule has 23 heavy (non-hydrogen) atoms. The van der Waals surface area contributed by atoms with E-state index in [4.69, 9.17) is 4.74 Å². The van der Waals surface area contributed by atoms with E-state index in [-0.39, 0.29) is 12.5 Å². The summed E-state index contributed by atoms with van der Waals surface area (Å²) in [6.07, 6.45) is 1.56. The normalized spacial score (nSPS) is 21.7. The van der Waals surface area contributed by atoms with Gasteiger partial charge in [-0.25, -0.2) is 26.9 Å². The van der Waals surface area contributed by atoms with Crippen molar-refractivity contribution in [2.75, 3.05) is 13.2 Å². The predicted octanol–water partition coefficient (Wildman–Crippen LogP) is 1.14. The number of sulfonamides is 1. The Bertz CT molecular complexity index is 783. The molecule has 1 aromatic heterocycles. The van der Waals surface area contributed by atoms with Crippen LogP contribution in [0.5, 0.6) is 0 Å². The van der Waals surface area contributed by atoms with Crippen LogP contribution in [0.4, 0.5) is 8.78 Å². The van der Waals surface area contributed by atoms with Gasteiger partial charge < -0.3 is 4.74 Å². The standard InChI is InChI=1S/C13H14F2N4O3S/c14-9-1-2-11(10(15)5-9)23(20,21)18-6-8-3-4-22-12(8)13-16-7-17-19-13/h1-2,5,7-8,12,18H,3-4,6H2,(H,16,17,19)/t8-,12-/m0/s1. The Balaban J connectivity index is 1.71. The minimum absolute atomic E-state index is 0.0461. The first-order valence-corrected chi connectivity index (χ1v) is 8.37. The number of ether oxygens (including phenoxy) is 1. The van der Waals surface area contributed by atoms with Crippen LogP contribution in [-0.4, -0.2) is 36.8 Å². The van der Waals surface area contributed by atoms with Crippen LogP contribution in [0, 0.1) is 17.6 Å². The van der Waals surface area contributed by atoms with Crippen LogP contribution in [0.3, 0.4) is 0 Å². The summed E-state index contributed by atoms with van der Waals surface area (Å²) in [6.45, 7) is 0.507. The molecule has 1 aromatic carbocycles. The van der Waals surface area contributed by atoms with E-state index in [2.05, 4.69) is 19.9 Å². The van der Waals surface area contributed by atoms with E-state index in [9.17, 15) is 17.2 Å². The van der Waals surface area contributed by atoms with Crippen molar-refractivity contribution in [1.29, 1.82) is 0 Å². The first kappa shape index (κ1) is 16.0. The molecule has 0 bridgehead atoms. The van der Waals surface area contributed by atoms with Crippen LogP contribution in [0.15, 0.2) is 29.4 Å². The maximum absolute atomic E-state index is 13.6. The lowest BCUT2D eigenvalue weighted by Crippen LogP contribution is -2.31. The number of nitrogens with one attached hydrogen (secondary N) is 2. The molecule has 1 fully saturated rings. The van der Waals surface area contributed by atoms with Gasteiger partial charge in [-0.1, -0.05) is 0 Å². The zero-order valence-corrected chi connectivity index (χ0v) is 12.7. The topological polar surface area (TPSA) is 97.0 Å². The smallest absolute Gasteiger partial charge is 0.243 e. The van der Waals surface area contributed by atoms with Crippen molar-refractivity contribution >= 4 is 10.0 Å². The van der Waals surface area contributed by atoms with Crippen molar-refractivity contribution < 1.29 is 21.9 Å². The molecule has 124 valence electrons. The van der Waals surface area contributed by atoms with Crippen LogP contribution in [0.25, 0.3) is 0 Å². The average Bonchev–Trinajstić information content (AvgIpc) is 3.15. The van der Waals surface area contributed by atoms with Gasteiger partial charge in [0.25, 0.3) is 0 Å². The Labute approximate surface area is 131 Å². The number of aromatic nitrogens is 3. The molecule has 2 heterocycles. The number of nitrogens with zero attached hydrogens (tertiary/aromatic N) is 2. The number of H-pyrrole nitrogens is 1. The number of halogens is 2. The van der Waals surface area contributed by atoms with Gasteiger partial charge in [-0.2, -0.15) is 5.10 Å². The molecule has 0 radical (unpaired) electrons. The highest BCUT2D eigenvalue weighted by Gasteiger charge is 2.33. The first-order chi connectivity index (χ1) is 11.0. The summed E-state index contributed by atoms with van der Waals surface area (Å²) in [7, 11) is -4.08. The number of benzene rings is 1. The summed E-state index contributed by atoms with van der Waals surface area (Å²) in [5, 5.41) is 6.43. The Morgan fingerprint density at radius 2 is 2.22 bits per heavy atom. The minimum atomic E-state index is -4.08. The molecule has 3 rings (SSSR count). The molecule has 1 aliphatic rings. The Morgan fingerprint density at radius 1 is 1.39 bits per heavy atom. The van der Waals surface area contributed by atoms with Gasteiger partial charge in [-0.3, -0.25) is 5.10 Å². The molecule has 1 aliphatic heterocycles. The number of hydrogen-bond acceptors (Lipinski definition) is 5. The number of rotatable bonds is 5. The fourth-order valence-corrected chi connectivity index (χ4v) is 3.64.